The smallest absolute Gasteiger partial charge is 0.321 e. The van der Waals surface area contributed by atoms with E-state index in [1.807, 2.05) is 13.8 Å². The van der Waals surface area contributed by atoms with Crippen molar-refractivity contribution in [2.45, 2.75) is 26.7 Å². The van der Waals surface area contributed by atoms with E-state index in [9.17, 15) is 13.2 Å². The lowest BCUT2D eigenvalue weighted by molar-refractivity contribution is -0.140. The number of nitrogens with zero attached hydrogens (tertiary/aromatic N) is 1. The molecule has 0 atom stereocenters. The van der Waals surface area contributed by atoms with Crippen molar-refractivity contribution in [1.29, 1.82) is 0 Å². The summed E-state index contributed by atoms with van der Waals surface area (Å²) >= 11 is 0. The molecule has 0 bridgehead atoms. The first-order chi connectivity index (χ1) is 7.35. The van der Waals surface area contributed by atoms with E-state index in [0.29, 0.717) is 0 Å². The van der Waals surface area contributed by atoms with Gasteiger partial charge in [-0.3, -0.25) is 4.79 Å². The number of carbonyl (C=O) groups is 1. The zero-order valence-corrected chi connectivity index (χ0v) is 10.8. The minimum Gasteiger partial charge on any atom is -0.468 e. The number of ether oxygens (including phenoxy) is 1. The first kappa shape index (κ1) is 15.3. The van der Waals surface area contributed by atoms with E-state index in [4.69, 9.17) is 5.14 Å². The van der Waals surface area contributed by atoms with Gasteiger partial charge in [-0.15, -0.1) is 0 Å². The van der Waals surface area contributed by atoms with E-state index in [1.54, 1.807) is 0 Å². The SMILES string of the molecule is CCC(CC)CN(CC(=O)OC)S(N)(=O)=O. The number of hydrogen-bond acceptors (Lipinski definition) is 4. The van der Waals surface area contributed by atoms with Gasteiger partial charge in [0.05, 0.1) is 7.11 Å². The third kappa shape index (κ3) is 5.43. The van der Waals surface area contributed by atoms with Gasteiger partial charge in [0.1, 0.15) is 6.54 Å². The monoisotopic (exact) mass is 252 g/mol. The second-order valence-electron chi connectivity index (χ2n) is 3.60. The van der Waals surface area contributed by atoms with Crippen molar-refractivity contribution in [3.8, 4) is 0 Å². The van der Waals surface area contributed by atoms with Crippen LogP contribution in [0.3, 0.4) is 0 Å². The Kier molecular flexibility index (Phi) is 6.54. The molecule has 0 aromatic carbocycles. The van der Waals surface area contributed by atoms with Crippen LogP contribution in [0, 0.1) is 5.92 Å². The predicted molar refractivity (Wildman–Crippen MR) is 60.8 cm³/mol. The highest BCUT2D eigenvalue weighted by molar-refractivity contribution is 7.86. The molecule has 0 unspecified atom stereocenters. The Morgan fingerprint density at radius 1 is 1.38 bits per heavy atom. The fourth-order valence-corrected chi connectivity index (χ4v) is 2.01. The average Bonchev–Trinajstić information content (AvgIpc) is 2.22. The van der Waals surface area contributed by atoms with E-state index in [2.05, 4.69) is 4.74 Å². The van der Waals surface area contributed by atoms with Crippen LogP contribution in [0.5, 0.6) is 0 Å². The van der Waals surface area contributed by atoms with Crippen LogP contribution in [0.4, 0.5) is 0 Å². The van der Waals surface area contributed by atoms with Gasteiger partial charge in [0, 0.05) is 6.54 Å². The van der Waals surface area contributed by atoms with Gasteiger partial charge in [-0.05, 0) is 5.92 Å². The van der Waals surface area contributed by atoms with Crippen molar-refractivity contribution in [1.82, 2.24) is 4.31 Å². The zero-order chi connectivity index (χ0) is 12.8. The molecule has 0 aliphatic carbocycles. The number of hydrogen-bond donors (Lipinski definition) is 1. The van der Waals surface area contributed by atoms with Crippen LogP contribution < -0.4 is 5.14 Å². The Labute approximate surface area is 96.9 Å². The third-order valence-corrected chi connectivity index (χ3v) is 3.51. The minimum absolute atomic E-state index is 0.197. The van der Waals surface area contributed by atoms with Crippen molar-refractivity contribution in [2.75, 3.05) is 20.2 Å². The summed E-state index contributed by atoms with van der Waals surface area (Å²) in [5.74, 6) is -0.414. The predicted octanol–water partition coefficient (Wildman–Crippen LogP) is 0.101. The lowest BCUT2D eigenvalue weighted by Crippen LogP contribution is -2.43. The molecular weight excluding hydrogens is 232 g/mol. The molecule has 0 radical (unpaired) electrons. The summed E-state index contributed by atoms with van der Waals surface area (Å²) in [5.41, 5.74) is 0. The maximum atomic E-state index is 11.2. The molecule has 0 aromatic heterocycles. The fraction of sp³-hybridized carbons (Fsp3) is 0.889. The van der Waals surface area contributed by atoms with Gasteiger partial charge in [0.15, 0.2) is 0 Å². The van der Waals surface area contributed by atoms with Crippen LogP contribution >= 0.6 is 0 Å². The van der Waals surface area contributed by atoms with Crippen LogP contribution in [-0.2, 0) is 19.7 Å². The molecule has 0 aromatic rings. The van der Waals surface area contributed by atoms with Gasteiger partial charge in [0.25, 0.3) is 10.2 Å². The maximum Gasteiger partial charge on any atom is 0.321 e. The topological polar surface area (TPSA) is 89.7 Å². The van der Waals surface area contributed by atoms with Crippen LogP contribution in [0.2, 0.25) is 0 Å². The molecule has 0 saturated carbocycles. The molecular formula is C9H20N2O4S. The van der Waals surface area contributed by atoms with E-state index in [0.717, 1.165) is 17.1 Å². The van der Waals surface area contributed by atoms with Crippen molar-refractivity contribution in [2.24, 2.45) is 11.1 Å². The molecule has 16 heavy (non-hydrogen) atoms. The molecule has 0 spiro atoms. The zero-order valence-electron chi connectivity index (χ0n) is 9.97. The fourth-order valence-electron chi connectivity index (χ4n) is 1.30. The molecule has 2 N–H and O–H groups in total. The van der Waals surface area contributed by atoms with Gasteiger partial charge in [-0.25, -0.2) is 5.14 Å². The minimum atomic E-state index is -3.85. The molecule has 0 aliphatic rings. The highest BCUT2D eigenvalue weighted by Crippen LogP contribution is 2.11. The molecule has 0 amide bonds. The van der Waals surface area contributed by atoms with Crippen molar-refractivity contribution < 1.29 is 17.9 Å². The second kappa shape index (κ2) is 6.82. The number of methoxy groups -OCH3 is 1. The summed E-state index contributed by atoms with van der Waals surface area (Å²) in [6.07, 6.45) is 1.67. The molecule has 0 heterocycles. The summed E-state index contributed by atoms with van der Waals surface area (Å²) in [6.45, 7) is 3.86. The molecule has 7 heteroatoms. The largest absolute Gasteiger partial charge is 0.468 e. The highest BCUT2D eigenvalue weighted by atomic mass is 32.2. The van der Waals surface area contributed by atoms with E-state index >= 15 is 0 Å². The molecule has 96 valence electrons. The molecule has 0 rings (SSSR count). The first-order valence-electron chi connectivity index (χ1n) is 5.19. The summed E-state index contributed by atoms with van der Waals surface area (Å²) in [6, 6.07) is 0. The van der Waals surface area contributed by atoms with Crippen LogP contribution in [0.1, 0.15) is 26.7 Å². The Morgan fingerprint density at radius 2 is 1.88 bits per heavy atom. The summed E-state index contributed by atoms with van der Waals surface area (Å²) in [5, 5.41) is 5.03. The van der Waals surface area contributed by atoms with Crippen LogP contribution in [0.25, 0.3) is 0 Å². The molecule has 0 aliphatic heterocycles. The van der Waals surface area contributed by atoms with Crippen LogP contribution in [-0.4, -0.2) is 38.9 Å². The van der Waals surface area contributed by atoms with Gasteiger partial charge in [0.2, 0.25) is 0 Å². The third-order valence-electron chi connectivity index (χ3n) is 2.51. The summed E-state index contributed by atoms with van der Waals surface area (Å²) < 4.78 is 27.9. The summed E-state index contributed by atoms with van der Waals surface area (Å²) in [4.78, 5) is 11.0. The lowest BCUT2D eigenvalue weighted by Gasteiger charge is -2.22. The Morgan fingerprint density at radius 3 is 2.19 bits per heavy atom. The number of esters is 1. The second-order valence-corrected chi connectivity index (χ2v) is 5.14. The Balaban J connectivity index is 4.63. The van der Waals surface area contributed by atoms with Crippen LogP contribution in [0.15, 0.2) is 0 Å². The number of rotatable bonds is 7. The highest BCUT2D eigenvalue weighted by Gasteiger charge is 2.23. The van der Waals surface area contributed by atoms with E-state index in [-0.39, 0.29) is 19.0 Å². The van der Waals surface area contributed by atoms with Crippen molar-refractivity contribution in [3.63, 3.8) is 0 Å². The van der Waals surface area contributed by atoms with Gasteiger partial charge in [-0.1, -0.05) is 26.7 Å². The average molecular weight is 252 g/mol. The quantitative estimate of drug-likeness (QED) is 0.651. The maximum absolute atomic E-state index is 11.2. The van der Waals surface area contributed by atoms with Gasteiger partial charge in [-0.2, -0.15) is 12.7 Å². The number of nitrogens with two attached hydrogens (primary N) is 1. The Bertz CT molecular complexity index is 311. The molecule has 6 nitrogen and oxygen atoms in total. The standard InChI is InChI=1S/C9H20N2O4S/c1-4-8(5-2)6-11(16(10,13)14)7-9(12)15-3/h8H,4-7H2,1-3H3,(H2,10,13,14). The summed E-state index contributed by atoms with van der Waals surface area (Å²) in [7, 11) is -2.64. The van der Waals surface area contributed by atoms with Crippen molar-refractivity contribution >= 4 is 16.2 Å². The van der Waals surface area contributed by atoms with Gasteiger partial charge >= 0.3 is 5.97 Å². The van der Waals surface area contributed by atoms with Crippen molar-refractivity contribution in [3.05, 3.63) is 0 Å². The van der Waals surface area contributed by atoms with E-state index in [1.165, 1.54) is 7.11 Å². The first-order valence-corrected chi connectivity index (χ1v) is 6.70. The van der Waals surface area contributed by atoms with E-state index < -0.39 is 16.2 Å². The normalized spacial score (nSPS) is 12.1. The van der Waals surface area contributed by atoms with Gasteiger partial charge < -0.3 is 4.74 Å². The number of carbonyl (C=O) groups excluding carboxylic acids is 1. The lowest BCUT2D eigenvalue weighted by atomic mass is 10.0. The molecule has 0 saturated heterocycles. The Hall–Kier alpha value is -0.660. The molecule has 0 fully saturated rings.